The van der Waals surface area contributed by atoms with Gasteiger partial charge in [-0.1, -0.05) is 41.6 Å². The predicted octanol–water partition coefficient (Wildman–Crippen LogP) is 2.88. The average Bonchev–Trinajstić information content (AvgIpc) is 2.72. The first-order chi connectivity index (χ1) is 8.43. The Morgan fingerprint density at radius 2 is 1.76 bits per heavy atom. The summed E-state index contributed by atoms with van der Waals surface area (Å²) in [4.78, 5) is 0. The van der Waals surface area contributed by atoms with Crippen molar-refractivity contribution in [3.63, 3.8) is 0 Å². The summed E-state index contributed by atoms with van der Waals surface area (Å²) in [5.41, 5.74) is 5.65. The lowest BCUT2D eigenvalue weighted by molar-refractivity contribution is 0.854. The van der Waals surface area contributed by atoms with Gasteiger partial charge in [0.05, 0.1) is 0 Å². The van der Waals surface area contributed by atoms with Gasteiger partial charge in [-0.2, -0.15) is 0 Å². The summed E-state index contributed by atoms with van der Waals surface area (Å²) in [7, 11) is 0. The topological polar surface area (TPSA) is 30.2 Å². The van der Waals surface area contributed by atoms with Crippen LogP contribution in [0.25, 0.3) is 28.8 Å². The molecule has 0 unspecified atom stereocenters. The molecule has 3 nitrogen and oxygen atoms in total. The van der Waals surface area contributed by atoms with Crippen LogP contribution in [-0.4, -0.2) is 14.8 Å². The Hall–Kier alpha value is -2.42. The summed E-state index contributed by atoms with van der Waals surface area (Å²) in [6.07, 6.45) is 6.05. The second kappa shape index (κ2) is 3.04. The summed E-state index contributed by atoms with van der Waals surface area (Å²) in [6.45, 7) is 0. The zero-order chi connectivity index (χ0) is 11.2. The van der Waals surface area contributed by atoms with Crippen molar-refractivity contribution < 1.29 is 0 Å². The number of pyridine rings is 1. The molecule has 0 saturated carbocycles. The average molecular weight is 219 g/mol. The maximum Gasteiger partial charge on any atom is 0.114 e. The van der Waals surface area contributed by atoms with Crippen LogP contribution in [0.4, 0.5) is 0 Å². The molecule has 0 spiro atoms. The van der Waals surface area contributed by atoms with E-state index < -0.39 is 0 Å². The minimum atomic E-state index is 0.928. The molecule has 1 aliphatic rings. The maximum atomic E-state index is 4.20. The number of fused-ring (bicyclic) bond motifs is 2. The first-order valence-corrected chi connectivity index (χ1v) is 5.55. The molecule has 1 aliphatic carbocycles. The lowest BCUT2D eigenvalue weighted by Crippen LogP contribution is -1.89. The molecule has 1 aromatic carbocycles. The first-order valence-electron chi connectivity index (χ1n) is 5.55. The Kier molecular flexibility index (Phi) is 1.56. The van der Waals surface area contributed by atoms with Crippen LogP contribution < -0.4 is 0 Å². The van der Waals surface area contributed by atoms with E-state index in [0.29, 0.717) is 0 Å². The summed E-state index contributed by atoms with van der Waals surface area (Å²) < 4.78 is 1.83. The molecule has 0 radical (unpaired) electrons. The molecular weight excluding hydrogens is 210 g/mol. The summed E-state index contributed by atoms with van der Waals surface area (Å²) >= 11 is 0. The molecule has 0 aliphatic heterocycles. The van der Waals surface area contributed by atoms with Crippen LogP contribution in [0.1, 0.15) is 11.3 Å². The van der Waals surface area contributed by atoms with Crippen LogP contribution in [0.2, 0.25) is 0 Å². The van der Waals surface area contributed by atoms with Gasteiger partial charge < -0.3 is 0 Å². The van der Waals surface area contributed by atoms with E-state index in [0.717, 1.165) is 11.2 Å². The molecule has 0 fully saturated rings. The van der Waals surface area contributed by atoms with E-state index in [2.05, 4.69) is 46.7 Å². The zero-order valence-electron chi connectivity index (χ0n) is 9.04. The maximum absolute atomic E-state index is 4.20. The fourth-order valence-corrected chi connectivity index (χ4v) is 2.36. The number of benzene rings is 1. The smallest absolute Gasteiger partial charge is 0.114 e. The molecule has 4 rings (SSSR count). The van der Waals surface area contributed by atoms with Crippen LogP contribution in [0, 0.1) is 0 Å². The van der Waals surface area contributed by atoms with E-state index in [1.807, 2.05) is 22.9 Å². The molecule has 0 bridgehead atoms. The molecule has 80 valence electrons. The zero-order valence-corrected chi connectivity index (χ0v) is 9.04. The highest BCUT2D eigenvalue weighted by Gasteiger charge is 2.14. The van der Waals surface area contributed by atoms with Gasteiger partial charge in [-0.05, 0) is 23.3 Å². The molecular formula is C14H9N3. The number of hydrogen-bond donors (Lipinski definition) is 0. The Morgan fingerprint density at radius 1 is 0.882 bits per heavy atom. The third kappa shape index (κ3) is 1.11. The Bertz CT molecular complexity index is 753. The van der Waals surface area contributed by atoms with E-state index in [9.17, 15) is 0 Å². The molecule has 17 heavy (non-hydrogen) atoms. The van der Waals surface area contributed by atoms with Crippen molar-refractivity contribution in [2.45, 2.75) is 0 Å². The minimum Gasteiger partial charge on any atom is -0.219 e. The van der Waals surface area contributed by atoms with Crippen molar-refractivity contribution in [3.05, 3.63) is 53.9 Å². The van der Waals surface area contributed by atoms with Gasteiger partial charge in [0.15, 0.2) is 0 Å². The SMILES string of the molecule is C1=Cc2nnn3cccc(c23)-c2ccccc21. The molecule has 2 heterocycles. The normalized spacial score (nSPS) is 12.5. The molecule has 0 amide bonds. The Balaban J connectivity index is 2.24. The van der Waals surface area contributed by atoms with E-state index in [1.54, 1.807) is 0 Å². The van der Waals surface area contributed by atoms with E-state index >= 15 is 0 Å². The van der Waals surface area contributed by atoms with Gasteiger partial charge in [0.2, 0.25) is 0 Å². The van der Waals surface area contributed by atoms with Crippen molar-refractivity contribution >= 4 is 17.7 Å². The fourth-order valence-electron chi connectivity index (χ4n) is 2.36. The van der Waals surface area contributed by atoms with Crippen LogP contribution in [-0.2, 0) is 0 Å². The second-order valence-electron chi connectivity index (χ2n) is 4.11. The van der Waals surface area contributed by atoms with Gasteiger partial charge in [-0.3, -0.25) is 0 Å². The van der Waals surface area contributed by atoms with Crippen molar-refractivity contribution in [2.24, 2.45) is 0 Å². The van der Waals surface area contributed by atoms with Gasteiger partial charge in [-0.25, -0.2) is 4.52 Å². The predicted molar refractivity (Wildman–Crippen MR) is 67.4 cm³/mol. The first kappa shape index (κ1) is 8.70. The monoisotopic (exact) mass is 219 g/mol. The van der Waals surface area contributed by atoms with Crippen LogP contribution >= 0.6 is 0 Å². The molecule has 0 atom stereocenters. The number of aromatic nitrogens is 3. The Morgan fingerprint density at radius 3 is 2.76 bits per heavy atom. The van der Waals surface area contributed by atoms with Crippen molar-refractivity contribution in [1.29, 1.82) is 0 Å². The number of nitrogens with zero attached hydrogens (tertiary/aromatic N) is 3. The summed E-state index contributed by atoms with van der Waals surface area (Å²) in [5, 5.41) is 8.32. The number of hydrogen-bond acceptors (Lipinski definition) is 2. The lowest BCUT2D eigenvalue weighted by atomic mass is 10.0. The van der Waals surface area contributed by atoms with Gasteiger partial charge in [-0.15, -0.1) is 5.10 Å². The minimum absolute atomic E-state index is 0.928. The molecule has 3 heteroatoms. The summed E-state index contributed by atoms with van der Waals surface area (Å²) in [6, 6.07) is 12.5. The van der Waals surface area contributed by atoms with Crippen molar-refractivity contribution in [2.75, 3.05) is 0 Å². The third-order valence-corrected chi connectivity index (χ3v) is 3.14. The molecule has 0 saturated heterocycles. The van der Waals surface area contributed by atoms with Crippen LogP contribution in [0.3, 0.4) is 0 Å². The van der Waals surface area contributed by atoms with Crippen LogP contribution in [0.5, 0.6) is 0 Å². The van der Waals surface area contributed by atoms with E-state index in [-0.39, 0.29) is 0 Å². The van der Waals surface area contributed by atoms with Gasteiger partial charge in [0.1, 0.15) is 11.2 Å². The largest absolute Gasteiger partial charge is 0.219 e. The highest BCUT2D eigenvalue weighted by molar-refractivity contribution is 5.95. The van der Waals surface area contributed by atoms with E-state index in [1.165, 1.54) is 16.7 Å². The fraction of sp³-hybridized carbons (Fsp3) is 0. The van der Waals surface area contributed by atoms with Crippen molar-refractivity contribution in [1.82, 2.24) is 14.8 Å². The van der Waals surface area contributed by atoms with Crippen LogP contribution in [0.15, 0.2) is 42.6 Å². The van der Waals surface area contributed by atoms with Crippen molar-refractivity contribution in [3.8, 4) is 11.1 Å². The molecule has 0 N–H and O–H groups in total. The van der Waals surface area contributed by atoms with Gasteiger partial charge >= 0.3 is 0 Å². The molecule has 3 aromatic rings. The molecule has 2 aromatic heterocycles. The highest BCUT2D eigenvalue weighted by Crippen LogP contribution is 2.33. The van der Waals surface area contributed by atoms with Gasteiger partial charge in [0, 0.05) is 11.8 Å². The Labute approximate surface area is 98.0 Å². The summed E-state index contributed by atoms with van der Waals surface area (Å²) in [5.74, 6) is 0. The highest BCUT2D eigenvalue weighted by atomic mass is 15.4. The number of rotatable bonds is 0. The third-order valence-electron chi connectivity index (χ3n) is 3.14. The standard InChI is InChI=1S/C14H9N3/c1-2-5-11-10(4-1)7-8-13-14-12(11)6-3-9-17(14)16-15-13/h1-9H. The quantitative estimate of drug-likeness (QED) is 0.455. The lowest BCUT2D eigenvalue weighted by Gasteiger charge is -2.05. The van der Waals surface area contributed by atoms with Gasteiger partial charge in [0.25, 0.3) is 0 Å². The second-order valence-corrected chi connectivity index (χ2v) is 4.11. The van der Waals surface area contributed by atoms with E-state index in [4.69, 9.17) is 0 Å².